The highest BCUT2D eigenvalue weighted by molar-refractivity contribution is 6.30. The maximum absolute atomic E-state index is 12.5. The SMILES string of the molecule is O=C(C=Cc1ccc(Cl)cc1)N1CCc2[nH]c3ccccc3c2C1. The number of H-pyrrole nitrogens is 1. The Morgan fingerprint density at radius 3 is 2.75 bits per heavy atom. The lowest BCUT2D eigenvalue weighted by Crippen LogP contribution is -2.34. The van der Waals surface area contributed by atoms with Gasteiger partial charge in [-0.15, -0.1) is 0 Å². The molecule has 0 aliphatic carbocycles. The van der Waals surface area contributed by atoms with Crippen molar-refractivity contribution in [1.82, 2.24) is 9.88 Å². The van der Waals surface area contributed by atoms with Crippen molar-refractivity contribution in [2.45, 2.75) is 13.0 Å². The molecule has 0 spiro atoms. The largest absolute Gasteiger partial charge is 0.358 e. The number of carbonyl (C=O) groups excluding carboxylic acids is 1. The normalized spacial score (nSPS) is 14.3. The van der Waals surface area contributed by atoms with Gasteiger partial charge in [0.05, 0.1) is 0 Å². The van der Waals surface area contributed by atoms with Gasteiger partial charge in [-0.2, -0.15) is 0 Å². The molecule has 1 N–H and O–H groups in total. The van der Waals surface area contributed by atoms with Gasteiger partial charge in [0.15, 0.2) is 0 Å². The molecule has 1 aliphatic heterocycles. The van der Waals surface area contributed by atoms with Gasteiger partial charge in [0.25, 0.3) is 0 Å². The fourth-order valence-corrected chi connectivity index (χ4v) is 3.33. The van der Waals surface area contributed by atoms with E-state index in [-0.39, 0.29) is 5.91 Å². The number of carbonyl (C=O) groups is 1. The summed E-state index contributed by atoms with van der Waals surface area (Å²) in [5.41, 5.74) is 4.61. The standard InChI is InChI=1S/C20H17ClN2O/c21-15-8-5-14(6-9-15)7-10-20(24)23-12-11-19-17(13-23)16-3-1-2-4-18(16)22-19/h1-10,22H,11-13H2. The average molecular weight is 337 g/mol. The fraction of sp³-hybridized carbons (Fsp3) is 0.150. The molecule has 0 fully saturated rings. The van der Waals surface area contributed by atoms with Crippen molar-refractivity contribution >= 4 is 34.5 Å². The van der Waals surface area contributed by atoms with E-state index in [0.29, 0.717) is 11.6 Å². The van der Waals surface area contributed by atoms with Crippen LogP contribution in [0.25, 0.3) is 17.0 Å². The van der Waals surface area contributed by atoms with Crippen LogP contribution in [0.1, 0.15) is 16.8 Å². The second-order valence-electron chi connectivity index (χ2n) is 6.02. The Hall–Kier alpha value is -2.52. The molecule has 120 valence electrons. The van der Waals surface area contributed by atoms with Gasteiger partial charge >= 0.3 is 0 Å². The molecule has 3 aromatic rings. The van der Waals surface area contributed by atoms with E-state index in [1.54, 1.807) is 6.08 Å². The van der Waals surface area contributed by atoms with E-state index >= 15 is 0 Å². The zero-order valence-corrected chi connectivity index (χ0v) is 13.9. The fourth-order valence-electron chi connectivity index (χ4n) is 3.20. The van der Waals surface area contributed by atoms with Crippen molar-refractivity contribution in [3.05, 3.63) is 76.5 Å². The molecule has 4 rings (SSSR count). The van der Waals surface area contributed by atoms with E-state index in [4.69, 9.17) is 11.6 Å². The molecular weight excluding hydrogens is 320 g/mol. The van der Waals surface area contributed by atoms with Crippen LogP contribution in [0, 0.1) is 0 Å². The summed E-state index contributed by atoms with van der Waals surface area (Å²) < 4.78 is 0. The third-order valence-corrected chi connectivity index (χ3v) is 4.73. The number of hydrogen-bond acceptors (Lipinski definition) is 1. The molecule has 0 saturated carbocycles. The second kappa shape index (κ2) is 6.17. The molecule has 4 heteroatoms. The number of benzene rings is 2. The summed E-state index contributed by atoms with van der Waals surface area (Å²) in [5.74, 6) is 0.0425. The molecule has 1 aromatic heterocycles. The minimum absolute atomic E-state index is 0.0425. The molecule has 3 nitrogen and oxygen atoms in total. The molecule has 2 aromatic carbocycles. The number of nitrogens with zero attached hydrogens (tertiary/aromatic N) is 1. The number of para-hydroxylation sites is 1. The lowest BCUT2D eigenvalue weighted by atomic mass is 10.0. The monoisotopic (exact) mass is 336 g/mol. The van der Waals surface area contributed by atoms with Crippen LogP contribution in [0.15, 0.2) is 54.6 Å². The maximum atomic E-state index is 12.5. The summed E-state index contributed by atoms with van der Waals surface area (Å²) in [6.45, 7) is 1.40. The highest BCUT2D eigenvalue weighted by atomic mass is 35.5. The van der Waals surface area contributed by atoms with Crippen molar-refractivity contribution in [2.75, 3.05) is 6.54 Å². The summed E-state index contributed by atoms with van der Waals surface area (Å²) >= 11 is 5.88. The Bertz CT molecular complexity index is 924. The Labute approximate surface area is 145 Å². The van der Waals surface area contributed by atoms with Gasteiger partial charge in [0.1, 0.15) is 0 Å². The molecule has 1 amide bonds. The number of amides is 1. The van der Waals surface area contributed by atoms with Crippen LogP contribution in [0.3, 0.4) is 0 Å². The number of nitrogens with one attached hydrogen (secondary N) is 1. The minimum atomic E-state index is 0.0425. The summed E-state index contributed by atoms with van der Waals surface area (Å²) in [6.07, 6.45) is 4.34. The Kier molecular flexibility index (Phi) is 3.87. The zero-order valence-electron chi connectivity index (χ0n) is 13.1. The van der Waals surface area contributed by atoms with E-state index in [9.17, 15) is 4.79 Å². The van der Waals surface area contributed by atoms with Gasteiger partial charge in [0, 0.05) is 52.8 Å². The zero-order chi connectivity index (χ0) is 16.5. The van der Waals surface area contributed by atoms with Crippen LogP contribution in [0.5, 0.6) is 0 Å². The van der Waals surface area contributed by atoms with E-state index in [0.717, 1.165) is 24.0 Å². The molecule has 0 radical (unpaired) electrons. The topological polar surface area (TPSA) is 36.1 Å². The number of aromatic amines is 1. The number of rotatable bonds is 2. The number of halogens is 1. The first kappa shape index (κ1) is 15.0. The van der Waals surface area contributed by atoms with E-state index < -0.39 is 0 Å². The van der Waals surface area contributed by atoms with Gasteiger partial charge in [-0.3, -0.25) is 4.79 Å². The van der Waals surface area contributed by atoms with Crippen LogP contribution in [-0.2, 0) is 17.8 Å². The Balaban J connectivity index is 1.53. The third kappa shape index (κ3) is 2.83. The molecule has 0 bridgehead atoms. The number of hydrogen-bond donors (Lipinski definition) is 1. The summed E-state index contributed by atoms with van der Waals surface area (Å²) in [6, 6.07) is 15.7. The predicted molar refractivity (Wildman–Crippen MR) is 97.9 cm³/mol. The third-order valence-electron chi connectivity index (χ3n) is 4.48. The van der Waals surface area contributed by atoms with Gasteiger partial charge in [-0.05, 0) is 29.8 Å². The maximum Gasteiger partial charge on any atom is 0.246 e. The first-order valence-corrected chi connectivity index (χ1v) is 8.39. The first-order valence-electron chi connectivity index (χ1n) is 8.02. The average Bonchev–Trinajstić information content (AvgIpc) is 2.99. The highest BCUT2D eigenvalue weighted by Gasteiger charge is 2.22. The molecule has 0 unspecified atom stereocenters. The quantitative estimate of drug-likeness (QED) is 0.691. The molecule has 24 heavy (non-hydrogen) atoms. The van der Waals surface area contributed by atoms with Crippen molar-refractivity contribution in [1.29, 1.82) is 0 Å². The minimum Gasteiger partial charge on any atom is -0.358 e. The highest BCUT2D eigenvalue weighted by Crippen LogP contribution is 2.27. The van der Waals surface area contributed by atoms with Crippen LogP contribution >= 0.6 is 11.6 Å². The summed E-state index contributed by atoms with van der Waals surface area (Å²) in [7, 11) is 0. The Morgan fingerprint density at radius 2 is 1.92 bits per heavy atom. The van der Waals surface area contributed by atoms with Crippen LogP contribution in [-0.4, -0.2) is 22.3 Å². The van der Waals surface area contributed by atoms with E-state index in [2.05, 4.69) is 17.1 Å². The number of fused-ring (bicyclic) bond motifs is 3. The molecule has 2 heterocycles. The number of aromatic nitrogens is 1. The molecule has 1 aliphatic rings. The van der Waals surface area contributed by atoms with Crippen molar-refractivity contribution in [3.63, 3.8) is 0 Å². The molecule has 0 atom stereocenters. The lowest BCUT2D eigenvalue weighted by molar-refractivity contribution is -0.126. The van der Waals surface area contributed by atoms with Gasteiger partial charge in [-0.1, -0.05) is 41.9 Å². The first-order chi connectivity index (χ1) is 11.7. The van der Waals surface area contributed by atoms with Gasteiger partial charge in [-0.25, -0.2) is 0 Å². The van der Waals surface area contributed by atoms with Crippen LogP contribution < -0.4 is 0 Å². The van der Waals surface area contributed by atoms with Crippen molar-refractivity contribution in [3.8, 4) is 0 Å². The van der Waals surface area contributed by atoms with Crippen molar-refractivity contribution in [2.24, 2.45) is 0 Å². The van der Waals surface area contributed by atoms with Crippen molar-refractivity contribution < 1.29 is 4.79 Å². The van der Waals surface area contributed by atoms with Gasteiger partial charge < -0.3 is 9.88 Å². The lowest BCUT2D eigenvalue weighted by Gasteiger charge is -2.26. The second-order valence-corrected chi connectivity index (χ2v) is 6.46. The van der Waals surface area contributed by atoms with Crippen LogP contribution in [0.4, 0.5) is 0 Å². The van der Waals surface area contributed by atoms with Gasteiger partial charge in [0.2, 0.25) is 5.91 Å². The Morgan fingerprint density at radius 1 is 1.12 bits per heavy atom. The smallest absolute Gasteiger partial charge is 0.246 e. The van der Waals surface area contributed by atoms with E-state index in [1.807, 2.05) is 47.4 Å². The summed E-state index contributed by atoms with van der Waals surface area (Å²) in [4.78, 5) is 17.9. The predicted octanol–water partition coefficient (Wildman–Crippen LogP) is 4.42. The summed E-state index contributed by atoms with van der Waals surface area (Å²) in [5, 5.41) is 1.91. The molecule has 0 saturated heterocycles. The molecular formula is C20H17ClN2O. The van der Waals surface area contributed by atoms with Crippen LogP contribution in [0.2, 0.25) is 5.02 Å². The van der Waals surface area contributed by atoms with E-state index in [1.165, 1.54) is 16.6 Å².